The Morgan fingerprint density at radius 3 is 2.89 bits per heavy atom. The highest BCUT2D eigenvalue weighted by atomic mass is 35.5. The van der Waals surface area contributed by atoms with E-state index in [1.807, 2.05) is 43.3 Å². The lowest BCUT2D eigenvalue weighted by Gasteiger charge is -2.12. The van der Waals surface area contributed by atoms with Crippen molar-refractivity contribution >= 4 is 11.6 Å². The summed E-state index contributed by atoms with van der Waals surface area (Å²) >= 11 is 5.92. The highest BCUT2D eigenvalue weighted by molar-refractivity contribution is 6.30. The Kier molecular flexibility index (Phi) is 4.18. The fraction of sp³-hybridized carbons (Fsp3) is 0.214. The number of benzene rings is 1. The van der Waals surface area contributed by atoms with Crippen molar-refractivity contribution in [3.63, 3.8) is 0 Å². The van der Waals surface area contributed by atoms with Crippen molar-refractivity contribution < 1.29 is 4.74 Å². The van der Waals surface area contributed by atoms with Gasteiger partial charge in [0.05, 0.1) is 0 Å². The molecule has 1 atom stereocenters. The smallest absolute Gasteiger partial charge is 0.218 e. The van der Waals surface area contributed by atoms with E-state index in [0.717, 1.165) is 11.1 Å². The molecule has 3 nitrogen and oxygen atoms in total. The van der Waals surface area contributed by atoms with Gasteiger partial charge < -0.3 is 10.5 Å². The first-order valence-electron chi connectivity index (χ1n) is 5.74. The van der Waals surface area contributed by atoms with Gasteiger partial charge in [0.25, 0.3) is 0 Å². The fourth-order valence-corrected chi connectivity index (χ4v) is 1.86. The van der Waals surface area contributed by atoms with Crippen LogP contribution in [-0.2, 0) is 6.61 Å². The van der Waals surface area contributed by atoms with E-state index in [0.29, 0.717) is 17.5 Å². The lowest BCUT2D eigenvalue weighted by atomic mass is 10.1. The van der Waals surface area contributed by atoms with Crippen molar-refractivity contribution in [3.8, 4) is 5.88 Å². The zero-order valence-electron chi connectivity index (χ0n) is 10.1. The van der Waals surface area contributed by atoms with E-state index in [1.165, 1.54) is 0 Å². The highest BCUT2D eigenvalue weighted by Crippen LogP contribution is 2.21. The van der Waals surface area contributed by atoms with E-state index in [9.17, 15) is 0 Å². The molecule has 2 aromatic rings. The molecule has 0 amide bonds. The van der Waals surface area contributed by atoms with Gasteiger partial charge >= 0.3 is 0 Å². The second-order valence-corrected chi connectivity index (χ2v) is 4.54. The van der Waals surface area contributed by atoms with E-state index in [2.05, 4.69) is 4.98 Å². The molecular weight excluding hydrogens is 248 g/mol. The van der Waals surface area contributed by atoms with Gasteiger partial charge in [-0.2, -0.15) is 0 Å². The largest absolute Gasteiger partial charge is 0.473 e. The van der Waals surface area contributed by atoms with Crippen molar-refractivity contribution in [1.82, 2.24) is 4.98 Å². The molecule has 0 aliphatic rings. The molecule has 0 radical (unpaired) electrons. The number of pyridine rings is 1. The number of rotatable bonds is 4. The normalized spacial score (nSPS) is 12.2. The first-order chi connectivity index (χ1) is 8.66. The van der Waals surface area contributed by atoms with Crippen LogP contribution in [0.4, 0.5) is 0 Å². The minimum atomic E-state index is -0.104. The van der Waals surface area contributed by atoms with Crippen molar-refractivity contribution in [2.75, 3.05) is 0 Å². The summed E-state index contributed by atoms with van der Waals surface area (Å²) in [5.74, 6) is 0.576. The van der Waals surface area contributed by atoms with Crippen LogP contribution in [-0.4, -0.2) is 4.98 Å². The predicted molar refractivity (Wildman–Crippen MR) is 72.6 cm³/mol. The van der Waals surface area contributed by atoms with E-state index in [4.69, 9.17) is 22.1 Å². The van der Waals surface area contributed by atoms with Crippen molar-refractivity contribution in [3.05, 3.63) is 58.7 Å². The number of nitrogens with zero attached hydrogens (tertiary/aromatic N) is 1. The Morgan fingerprint density at radius 1 is 1.33 bits per heavy atom. The zero-order valence-corrected chi connectivity index (χ0v) is 10.9. The Hall–Kier alpha value is -1.58. The molecule has 1 aromatic heterocycles. The van der Waals surface area contributed by atoms with Crippen LogP contribution in [0.25, 0.3) is 0 Å². The molecule has 0 aliphatic heterocycles. The molecule has 2 N–H and O–H groups in total. The number of ether oxygens (including phenoxy) is 1. The third kappa shape index (κ3) is 3.22. The molecule has 0 unspecified atom stereocenters. The number of nitrogens with two attached hydrogens (primary N) is 1. The number of halogens is 1. The molecule has 0 saturated heterocycles. The summed E-state index contributed by atoms with van der Waals surface area (Å²) in [6.07, 6.45) is 1.69. The van der Waals surface area contributed by atoms with E-state index >= 15 is 0 Å². The third-order valence-electron chi connectivity index (χ3n) is 2.56. The second kappa shape index (κ2) is 5.85. The maximum atomic E-state index is 5.92. The molecular formula is C14H15ClN2O. The van der Waals surface area contributed by atoms with Gasteiger partial charge in [0.15, 0.2) is 0 Å². The van der Waals surface area contributed by atoms with Crippen molar-refractivity contribution in [1.29, 1.82) is 0 Å². The van der Waals surface area contributed by atoms with Gasteiger partial charge in [-0.05, 0) is 30.7 Å². The minimum Gasteiger partial charge on any atom is -0.473 e. The Labute approximate surface area is 112 Å². The van der Waals surface area contributed by atoms with Crippen molar-refractivity contribution in [2.24, 2.45) is 5.73 Å². The van der Waals surface area contributed by atoms with Gasteiger partial charge in [-0.1, -0.05) is 29.8 Å². The molecule has 0 aliphatic carbocycles. The summed E-state index contributed by atoms with van der Waals surface area (Å²) in [7, 11) is 0. The van der Waals surface area contributed by atoms with E-state index in [-0.39, 0.29) is 6.04 Å². The molecule has 0 bridgehead atoms. The van der Waals surface area contributed by atoms with E-state index < -0.39 is 0 Å². The van der Waals surface area contributed by atoms with Crippen LogP contribution < -0.4 is 10.5 Å². The summed E-state index contributed by atoms with van der Waals surface area (Å²) in [4.78, 5) is 4.20. The Morgan fingerprint density at radius 2 is 2.17 bits per heavy atom. The minimum absolute atomic E-state index is 0.104. The van der Waals surface area contributed by atoms with Gasteiger partial charge in [0.1, 0.15) is 6.61 Å². The SMILES string of the molecule is C[C@@H](N)c1cccnc1OCc1cccc(Cl)c1. The average Bonchev–Trinajstić information content (AvgIpc) is 2.37. The molecule has 1 heterocycles. The molecule has 94 valence electrons. The van der Waals surface area contributed by atoms with Gasteiger partial charge in [-0.25, -0.2) is 4.98 Å². The molecule has 0 fully saturated rings. The van der Waals surface area contributed by atoms with Gasteiger partial charge in [0.2, 0.25) is 5.88 Å². The van der Waals surface area contributed by atoms with Crippen LogP contribution in [0.2, 0.25) is 5.02 Å². The molecule has 1 aromatic carbocycles. The molecule has 18 heavy (non-hydrogen) atoms. The first-order valence-corrected chi connectivity index (χ1v) is 6.12. The summed E-state index contributed by atoms with van der Waals surface area (Å²) in [6, 6.07) is 11.2. The zero-order chi connectivity index (χ0) is 13.0. The standard InChI is InChI=1S/C14H15ClN2O/c1-10(16)13-6-3-7-17-14(13)18-9-11-4-2-5-12(15)8-11/h2-8,10H,9,16H2,1H3/t10-/m1/s1. The lowest BCUT2D eigenvalue weighted by molar-refractivity contribution is 0.289. The van der Waals surface area contributed by atoms with Crippen LogP contribution in [0.3, 0.4) is 0 Å². The number of hydrogen-bond acceptors (Lipinski definition) is 3. The Balaban J connectivity index is 2.11. The maximum Gasteiger partial charge on any atom is 0.218 e. The van der Waals surface area contributed by atoms with Crippen LogP contribution in [0.15, 0.2) is 42.6 Å². The van der Waals surface area contributed by atoms with Gasteiger partial charge in [-0.3, -0.25) is 0 Å². The topological polar surface area (TPSA) is 48.1 Å². The lowest BCUT2D eigenvalue weighted by Crippen LogP contribution is -2.09. The predicted octanol–water partition coefficient (Wildman–Crippen LogP) is 3.33. The first kappa shape index (κ1) is 12.9. The number of aromatic nitrogens is 1. The molecule has 0 spiro atoms. The van der Waals surface area contributed by atoms with Gasteiger partial charge in [-0.15, -0.1) is 0 Å². The van der Waals surface area contributed by atoms with E-state index in [1.54, 1.807) is 6.20 Å². The molecule has 0 saturated carbocycles. The maximum absolute atomic E-state index is 5.92. The highest BCUT2D eigenvalue weighted by Gasteiger charge is 2.08. The van der Waals surface area contributed by atoms with Crippen molar-refractivity contribution in [2.45, 2.75) is 19.6 Å². The molecule has 2 rings (SSSR count). The van der Waals surface area contributed by atoms with Crippen LogP contribution in [0, 0.1) is 0 Å². The second-order valence-electron chi connectivity index (χ2n) is 4.11. The van der Waals surface area contributed by atoms with Gasteiger partial charge in [0, 0.05) is 22.8 Å². The quantitative estimate of drug-likeness (QED) is 0.919. The summed E-state index contributed by atoms with van der Waals surface area (Å²) in [6.45, 7) is 2.33. The average molecular weight is 263 g/mol. The summed E-state index contributed by atoms with van der Waals surface area (Å²) in [5.41, 5.74) is 7.77. The van der Waals surface area contributed by atoms with Crippen LogP contribution >= 0.6 is 11.6 Å². The Bertz CT molecular complexity index is 529. The number of hydrogen-bond donors (Lipinski definition) is 1. The summed E-state index contributed by atoms with van der Waals surface area (Å²) < 4.78 is 5.69. The molecule has 4 heteroatoms. The third-order valence-corrected chi connectivity index (χ3v) is 2.79. The van der Waals surface area contributed by atoms with Crippen LogP contribution in [0.5, 0.6) is 5.88 Å². The van der Waals surface area contributed by atoms with Crippen LogP contribution in [0.1, 0.15) is 24.1 Å². The summed E-state index contributed by atoms with van der Waals surface area (Å²) in [5, 5.41) is 0.699. The fourth-order valence-electron chi connectivity index (χ4n) is 1.65. The monoisotopic (exact) mass is 262 g/mol.